The Morgan fingerprint density at radius 2 is 1.69 bits per heavy atom. The van der Waals surface area contributed by atoms with Crippen LogP contribution < -0.4 is 11.1 Å². The van der Waals surface area contributed by atoms with Gasteiger partial charge >= 0.3 is 0 Å². The molecule has 0 spiro atoms. The molecule has 4 aromatic carbocycles. The molecule has 2 aliphatic carbocycles. The van der Waals surface area contributed by atoms with Crippen molar-refractivity contribution in [3.8, 4) is 0 Å². The van der Waals surface area contributed by atoms with Crippen molar-refractivity contribution < 1.29 is 19.2 Å². The lowest BCUT2D eigenvalue weighted by Gasteiger charge is -2.38. The maximum atomic E-state index is 14.5. The van der Waals surface area contributed by atoms with Crippen molar-refractivity contribution in [3.05, 3.63) is 113 Å². The Balaban J connectivity index is 1.15. The molecule has 0 saturated heterocycles. The van der Waals surface area contributed by atoms with E-state index >= 15 is 0 Å². The number of anilines is 1. The van der Waals surface area contributed by atoms with E-state index in [1.165, 1.54) is 24.2 Å². The van der Waals surface area contributed by atoms with Crippen LogP contribution in [0.15, 0.2) is 84.9 Å². The molecule has 4 aromatic rings. The normalized spacial score (nSPS) is 20.8. The molecule has 4 amide bonds. The quantitative estimate of drug-likeness (QED) is 0.189. The van der Waals surface area contributed by atoms with Crippen molar-refractivity contribution in [3.63, 3.8) is 0 Å². The van der Waals surface area contributed by atoms with Crippen molar-refractivity contribution in [2.24, 2.45) is 23.5 Å². The van der Waals surface area contributed by atoms with E-state index in [2.05, 4.69) is 29.6 Å². The largest absolute Gasteiger partial charge is 0.368 e. The van der Waals surface area contributed by atoms with E-state index in [0.717, 1.165) is 39.8 Å². The number of hydrogen-bond donors (Lipinski definition) is 2. The summed E-state index contributed by atoms with van der Waals surface area (Å²) in [5.74, 6) is 1.01. The number of amides is 4. The Hall–Kier alpha value is -5.02. The van der Waals surface area contributed by atoms with Gasteiger partial charge in [0.15, 0.2) is 0 Å². The summed E-state index contributed by atoms with van der Waals surface area (Å²) in [6.07, 6.45) is 6.13. The summed E-state index contributed by atoms with van der Waals surface area (Å²) in [7, 11) is 3.81. The minimum absolute atomic E-state index is 0.0204. The SMILES string of the molecule is CN(C)CCN(CC(N)=O)C(=O)c1ccc(CN2C(=O)c3cc(NC(=O)CC4C[C@@H]5CC[C@H]4C5)ccc3CC2c2cccc3ccccc23)cc1. The molecule has 0 aromatic heterocycles. The lowest BCUT2D eigenvalue weighted by Crippen LogP contribution is -2.42. The first kappa shape index (κ1) is 34.4. The number of hydrogen-bond acceptors (Lipinski definition) is 5. The molecule has 1 aliphatic heterocycles. The van der Waals surface area contributed by atoms with E-state index < -0.39 is 5.91 Å². The summed E-state index contributed by atoms with van der Waals surface area (Å²) in [4.78, 5) is 58.1. The van der Waals surface area contributed by atoms with Crippen molar-refractivity contribution in [1.29, 1.82) is 0 Å². The third-order valence-electron chi connectivity index (χ3n) is 11.2. The van der Waals surface area contributed by atoms with E-state index in [1.54, 1.807) is 12.1 Å². The van der Waals surface area contributed by atoms with Gasteiger partial charge in [0, 0.05) is 42.9 Å². The van der Waals surface area contributed by atoms with E-state index in [9.17, 15) is 19.2 Å². The molecule has 2 saturated carbocycles. The molecule has 9 heteroatoms. The number of nitrogens with two attached hydrogens (primary N) is 1. The van der Waals surface area contributed by atoms with Crippen LogP contribution in [0, 0.1) is 17.8 Å². The maximum absolute atomic E-state index is 14.5. The van der Waals surface area contributed by atoms with Gasteiger partial charge in [-0.3, -0.25) is 19.2 Å². The van der Waals surface area contributed by atoms with Gasteiger partial charge in [-0.1, -0.05) is 67.1 Å². The van der Waals surface area contributed by atoms with Gasteiger partial charge in [-0.25, -0.2) is 0 Å². The first-order chi connectivity index (χ1) is 24.6. The molecule has 2 unspecified atom stereocenters. The fourth-order valence-electron chi connectivity index (χ4n) is 8.62. The molecule has 2 bridgehead atoms. The molecule has 51 heavy (non-hydrogen) atoms. The van der Waals surface area contributed by atoms with Crippen LogP contribution in [0.25, 0.3) is 10.8 Å². The predicted octanol–water partition coefficient (Wildman–Crippen LogP) is 6.03. The van der Waals surface area contributed by atoms with Crippen LogP contribution in [0.1, 0.15) is 75.6 Å². The van der Waals surface area contributed by atoms with Crippen LogP contribution in [-0.4, -0.2) is 72.1 Å². The number of carbonyl (C=O) groups excluding carboxylic acids is 4. The first-order valence-electron chi connectivity index (χ1n) is 18.2. The molecule has 264 valence electrons. The molecule has 3 aliphatic rings. The van der Waals surface area contributed by atoms with E-state index in [1.807, 2.05) is 72.4 Å². The minimum Gasteiger partial charge on any atom is -0.368 e. The second-order valence-electron chi connectivity index (χ2n) is 15.0. The number of nitrogens with one attached hydrogen (secondary N) is 1. The first-order valence-corrected chi connectivity index (χ1v) is 18.2. The number of fused-ring (bicyclic) bond motifs is 4. The van der Waals surface area contributed by atoms with Crippen LogP contribution in [0.4, 0.5) is 5.69 Å². The fourth-order valence-corrected chi connectivity index (χ4v) is 8.62. The third-order valence-corrected chi connectivity index (χ3v) is 11.2. The number of carbonyl (C=O) groups is 4. The van der Waals surface area contributed by atoms with E-state index in [0.29, 0.717) is 61.1 Å². The lowest BCUT2D eigenvalue weighted by molar-refractivity contribution is -0.119. The molecular weight excluding hydrogens is 638 g/mol. The highest BCUT2D eigenvalue weighted by Gasteiger charge is 2.40. The number of rotatable bonds is 12. The average Bonchev–Trinajstić information content (AvgIpc) is 3.75. The fraction of sp³-hybridized carbons (Fsp3) is 0.381. The topological polar surface area (TPSA) is 116 Å². The van der Waals surface area contributed by atoms with Crippen molar-refractivity contribution in [2.75, 3.05) is 39.0 Å². The van der Waals surface area contributed by atoms with Crippen molar-refractivity contribution in [1.82, 2.24) is 14.7 Å². The summed E-state index contributed by atoms with van der Waals surface area (Å²) in [6, 6.07) is 27.2. The summed E-state index contributed by atoms with van der Waals surface area (Å²) >= 11 is 0. The lowest BCUT2D eigenvalue weighted by atomic mass is 9.86. The second kappa shape index (κ2) is 14.7. The van der Waals surface area contributed by atoms with Crippen LogP contribution in [0.2, 0.25) is 0 Å². The number of benzene rings is 4. The van der Waals surface area contributed by atoms with Gasteiger partial charge < -0.3 is 25.8 Å². The molecule has 3 N–H and O–H groups in total. The van der Waals surface area contributed by atoms with Crippen LogP contribution in [-0.2, 0) is 22.6 Å². The molecule has 2 fully saturated rings. The number of likely N-dealkylation sites (N-methyl/N-ethyl adjacent to an activating group) is 1. The van der Waals surface area contributed by atoms with Gasteiger partial charge in [-0.05, 0) is 109 Å². The van der Waals surface area contributed by atoms with Crippen molar-refractivity contribution >= 4 is 40.1 Å². The molecule has 0 radical (unpaired) electrons. The Bertz CT molecular complexity index is 1950. The molecule has 7 rings (SSSR count). The van der Waals surface area contributed by atoms with Gasteiger partial charge in [0.25, 0.3) is 11.8 Å². The Labute approximate surface area is 299 Å². The summed E-state index contributed by atoms with van der Waals surface area (Å²) in [6.45, 7) is 1.13. The molecule has 1 heterocycles. The van der Waals surface area contributed by atoms with Gasteiger partial charge in [-0.15, -0.1) is 0 Å². The Morgan fingerprint density at radius 3 is 2.41 bits per heavy atom. The Morgan fingerprint density at radius 1 is 0.902 bits per heavy atom. The second-order valence-corrected chi connectivity index (χ2v) is 15.0. The van der Waals surface area contributed by atoms with Gasteiger partial charge in [-0.2, -0.15) is 0 Å². The standard InChI is InChI=1S/C42H47N5O4/c1-45(2)18-19-46(26-39(43)48)41(50)30-13-10-27(11-14-30)25-47-38(36-9-5-7-29-6-3-4-8-35(29)36)22-32-16-17-34(24-37(32)42(47)51)44-40(49)23-33-21-28-12-15-31(33)20-28/h3-11,13-14,16-17,24,28,31,33,38H,12,15,18-23,25-26H2,1-2H3,(H2,43,48)(H,44,49)/t28-,31+,33?,38?/m1/s1. The van der Waals surface area contributed by atoms with Gasteiger partial charge in [0.2, 0.25) is 11.8 Å². The predicted molar refractivity (Wildman–Crippen MR) is 199 cm³/mol. The van der Waals surface area contributed by atoms with Crippen LogP contribution >= 0.6 is 0 Å². The van der Waals surface area contributed by atoms with E-state index in [4.69, 9.17) is 5.73 Å². The minimum atomic E-state index is -0.564. The zero-order valence-corrected chi connectivity index (χ0v) is 29.5. The van der Waals surface area contributed by atoms with Crippen molar-refractivity contribution in [2.45, 2.75) is 51.1 Å². The summed E-state index contributed by atoms with van der Waals surface area (Å²) < 4.78 is 0. The summed E-state index contributed by atoms with van der Waals surface area (Å²) in [5, 5.41) is 5.32. The summed E-state index contributed by atoms with van der Waals surface area (Å²) in [5.41, 5.74) is 10.1. The highest BCUT2D eigenvalue weighted by Crippen LogP contribution is 2.49. The van der Waals surface area contributed by atoms with E-state index in [-0.39, 0.29) is 30.3 Å². The molecular formula is C42H47N5O4. The van der Waals surface area contributed by atoms with Crippen LogP contribution in [0.5, 0.6) is 0 Å². The Kier molecular flexibility index (Phi) is 9.91. The number of primary amides is 1. The maximum Gasteiger partial charge on any atom is 0.255 e. The highest BCUT2D eigenvalue weighted by atomic mass is 16.2. The van der Waals surface area contributed by atoms with Gasteiger partial charge in [0.1, 0.15) is 0 Å². The highest BCUT2D eigenvalue weighted by molar-refractivity contribution is 6.00. The monoisotopic (exact) mass is 685 g/mol. The zero-order chi connectivity index (χ0) is 35.6. The number of nitrogens with zero attached hydrogens (tertiary/aromatic N) is 3. The average molecular weight is 686 g/mol. The smallest absolute Gasteiger partial charge is 0.255 e. The van der Waals surface area contributed by atoms with Crippen LogP contribution in [0.3, 0.4) is 0 Å². The molecule has 9 nitrogen and oxygen atoms in total. The molecule has 4 atom stereocenters. The third kappa shape index (κ3) is 7.54. The van der Waals surface area contributed by atoms with Gasteiger partial charge in [0.05, 0.1) is 12.6 Å². The zero-order valence-electron chi connectivity index (χ0n) is 29.5.